The van der Waals surface area contributed by atoms with Gasteiger partial charge in [-0.05, 0) is 37.4 Å². The molecule has 3 heteroatoms. The lowest BCUT2D eigenvalue weighted by Gasteiger charge is -2.31. The van der Waals surface area contributed by atoms with Crippen molar-refractivity contribution >= 4 is 10.9 Å². The van der Waals surface area contributed by atoms with Crippen LogP contribution in [0.2, 0.25) is 0 Å². The molecule has 1 atom stereocenters. The number of hydrogen-bond acceptors (Lipinski definition) is 3. The Kier molecular flexibility index (Phi) is 3.99. The molecule has 1 saturated carbocycles. The van der Waals surface area contributed by atoms with Crippen LogP contribution >= 0.6 is 0 Å². The molecule has 0 bridgehead atoms. The Morgan fingerprint density at radius 3 is 2.80 bits per heavy atom. The lowest BCUT2D eigenvalue weighted by Crippen LogP contribution is -2.36. The van der Waals surface area contributed by atoms with E-state index in [1.807, 2.05) is 12.3 Å². The average molecular weight is 269 g/mol. The molecule has 0 aliphatic heterocycles. The Labute approximate surface area is 120 Å². The van der Waals surface area contributed by atoms with Crippen molar-refractivity contribution in [3.8, 4) is 0 Å². The Bertz CT molecular complexity index is 572. The van der Waals surface area contributed by atoms with Gasteiger partial charge in [0, 0.05) is 30.2 Å². The fourth-order valence-electron chi connectivity index (χ4n) is 3.09. The third kappa shape index (κ3) is 2.56. The molecular weight excluding hydrogens is 246 g/mol. The number of nitrogens with two attached hydrogens (primary N) is 1. The average Bonchev–Trinajstić information content (AvgIpc) is 3.32. The third-order valence-corrected chi connectivity index (χ3v) is 4.14. The smallest absolute Gasteiger partial charge is 0.0750 e. The monoisotopic (exact) mass is 269 g/mol. The summed E-state index contributed by atoms with van der Waals surface area (Å²) in [4.78, 5) is 7.18. The number of rotatable bonds is 6. The van der Waals surface area contributed by atoms with Gasteiger partial charge in [0.15, 0.2) is 0 Å². The van der Waals surface area contributed by atoms with Crippen LogP contribution < -0.4 is 5.73 Å². The molecule has 1 aliphatic carbocycles. The summed E-state index contributed by atoms with van der Waals surface area (Å²) in [6.45, 7) is 4.02. The van der Waals surface area contributed by atoms with E-state index in [9.17, 15) is 0 Å². The van der Waals surface area contributed by atoms with Gasteiger partial charge in [0.1, 0.15) is 0 Å². The quantitative estimate of drug-likeness (QED) is 0.876. The summed E-state index contributed by atoms with van der Waals surface area (Å²) in [5.41, 5.74) is 8.51. The zero-order valence-corrected chi connectivity index (χ0v) is 12.1. The predicted octanol–water partition coefficient (Wildman–Crippen LogP) is 3.11. The van der Waals surface area contributed by atoms with Crippen molar-refractivity contribution in [2.75, 3.05) is 13.1 Å². The molecule has 106 valence electrons. The van der Waals surface area contributed by atoms with Gasteiger partial charge in [-0.1, -0.05) is 31.2 Å². The van der Waals surface area contributed by atoms with Crippen molar-refractivity contribution in [3.63, 3.8) is 0 Å². The molecule has 0 radical (unpaired) electrons. The number of nitrogens with zero attached hydrogens (tertiary/aromatic N) is 2. The largest absolute Gasteiger partial charge is 0.329 e. The first-order valence-corrected chi connectivity index (χ1v) is 7.64. The third-order valence-electron chi connectivity index (χ3n) is 4.14. The Morgan fingerprint density at radius 1 is 1.30 bits per heavy atom. The molecular formula is C17H23N3. The van der Waals surface area contributed by atoms with Crippen LogP contribution in [0.3, 0.4) is 0 Å². The number of fused-ring (bicyclic) bond motifs is 1. The van der Waals surface area contributed by atoms with Gasteiger partial charge >= 0.3 is 0 Å². The standard InChI is InChI=1S/C17H23N3/c1-2-11-20(14-8-9-14)16(12-18)15-7-3-5-13-6-4-10-19-17(13)15/h3-7,10,14,16H,2,8-9,11-12,18H2,1H3. The topological polar surface area (TPSA) is 42.1 Å². The Hall–Kier alpha value is -1.45. The maximum Gasteiger partial charge on any atom is 0.0750 e. The van der Waals surface area contributed by atoms with Crippen molar-refractivity contribution < 1.29 is 0 Å². The normalized spacial score (nSPS) is 16.8. The van der Waals surface area contributed by atoms with Crippen LogP contribution in [-0.2, 0) is 0 Å². The molecule has 1 unspecified atom stereocenters. The fourth-order valence-corrected chi connectivity index (χ4v) is 3.09. The van der Waals surface area contributed by atoms with Crippen LogP contribution in [0.25, 0.3) is 10.9 Å². The van der Waals surface area contributed by atoms with Gasteiger partial charge < -0.3 is 5.73 Å². The van der Waals surface area contributed by atoms with E-state index in [4.69, 9.17) is 5.73 Å². The van der Waals surface area contributed by atoms with Crippen molar-refractivity contribution in [1.29, 1.82) is 0 Å². The molecule has 20 heavy (non-hydrogen) atoms. The zero-order chi connectivity index (χ0) is 13.9. The summed E-state index contributed by atoms with van der Waals surface area (Å²) in [6, 6.07) is 11.6. The molecule has 1 aromatic carbocycles. The first-order chi connectivity index (χ1) is 9.85. The van der Waals surface area contributed by atoms with Crippen LogP contribution in [0.15, 0.2) is 36.5 Å². The van der Waals surface area contributed by atoms with Crippen LogP contribution in [0.4, 0.5) is 0 Å². The summed E-state index contributed by atoms with van der Waals surface area (Å²) in [5.74, 6) is 0. The number of pyridine rings is 1. The van der Waals surface area contributed by atoms with Gasteiger partial charge in [0.2, 0.25) is 0 Å². The van der Waals surface area contributed by atoms with Crippen molar-refractivity contribution in [2.45, 2.75) is 38.3 Å². The molecule has 1 heterocycles. The Morgan fingerprint density at radius 2 is 2.10 bits per heavy atom. The maximum atomic E-state index is 6.12. The molecule has 2 N–H and O–H groups in total. The number of benzene rings is 1. The van der Waals surface area contributed by atoms with Gasteiger partial charge in [-0.2, -0.15) is 0 Å². The van der Waals surface area contributed by atoms with E-state index in [-0.39, 0.29) is 0 Å². The SMILES string of the molecule is CCCN(C1CC1)C(CN)c1cccc2cccnc12. The Balaban J connectivity index is 2.01. The molecule has 1 fully saturated rings. The van der Waals surface area contributed by atoms with Gasteiger partial charge in [-0.25, -0.2) is 0 Å². The zero-order valence-electron chi connectivity index (χ0n) is 12.1. The minimum atomic E-state index is 0.293. The van der Waals surface area contributed by atoms with Crippen LogP contribution in [0.1, 0.15) is 37.8 Å². The maximum absolute atomic E-state index is 6.12. The summed E-state index contributed by atoms with van der Waals surface area (Å²) in [5, 5.41) is 1.20. The first-order valence-electron chi connectivity index (χ1n) is 7.64. The highest BCUT2D eigenvalue weighted by atomic mass is 15.2. The molecule has 0 spiro atoms. The highest BCUT2D eigenvalue weighted by molar-refractivity contribution is 5.82. The van der Waals surface area contributed by atoms with E-state index in [2.05, 4.69) is 41.1 Å². The van der Waals surface area contributed by atoms with Gasteiger partial charge in [-0.3, -0.25) is 9.88 Å². The highest BCUT2D eigenvalue weighted by Crippen LogP contribution is 2.35. The first kappa shape index (κ1) is 13.5. The second-order valence-corrected chi connectivity index (χ2v) is 5.64. The summed E-state index contributed by atoms with van der Waals surface area (Å²) >= 11 is 0. The van der Waals surface area contributed by atoms with E-state index in [1.54, 1.807) is 0 Å². The minimum Gasteiger partial charge on any atom is -0.329 e. The molecule has 1 aromatic heterocycles. The summed E-state index contributed by atoms with van der Waals surface area (Å²) in [6.07, 6.45) is 5.68. The van der Waals surface area contributed by atoms with Crippen LogP contribution in [0, 0.1) is 0 Å². The molecule has 2 aromatic rings. The summed E-state index contributed by atoms with van der Waals surface area (Å²) in [7, 11) is 0. The van der Waals surface area contributed by atoms with Gasteiger partial charge in [0.25, 0.3) is 0 Å². The van der Waals surface area contributed by atoms with E-state index in [0.717, 1.165) is 18.1 Å². The van der Waals surface area contributed by atoms with Gasteiger partial charge in [0.05, 0.1) is 5.52 Å². The van der Waals surface area contributed by atoms with E-state index in [0.29, 0.717) is 12.6 Å². The molecule has 3 rings (SSSR count). The van der Waals surface area contributed by atoms with Crippen molar-refractivity contribution in [1.82, 2.24) is 9.88 Å². The van der Waals surface area contributed by atoms with Gasteiger partial charge in [-0.15, -0.1) is 0 Å². The number of aromatic nitrogens is 1. The summed E-state index contributed by atoms with van der Waals surface area (Å²) < 4.78 is 0. The molecule has 3 nitrogen and oxygen atoms in total. The van der Waals surface area contributed by atoms with E-state index in [1.165, 1.54) is 30.2 Å². The van der Waals surface area contributed by atoms with Crippen molar-refractivity contribution in [3.05, 3.63) is 42.1 Å². The lowest BCUT2D eigenvalue weighted by atomic mass is 10.0. The van der Waals surface area contributed by atoms with E-state index < -0.39 is 0 Å². The molecule has 1 aliphatic rings. The van der Waals surface area contributed by atoms with Crippen LogP contribution in [-0.4, -0.2) is 29.0 Å². The second-order valence-electron chi connectivity index (χ2n) is 5.64. The lowest BCUT2D eigenvalue weighted by molar-refractivity contribution is 0.192. The minimum absolute atomic E-state index is 0.293. The van der Waals surface area contributed by atoms with Crippen LogP contribution in [0.5, 0.6) is 0 Å². The second kappa shape index (κ2) is 5.90. The van der Waals surface area contributed by atoms with E-state index >= 15 is 0 Å². The number of para-hydroxylation sites is 1. The predicted molar refractivity (Wildman–Crippen MR) is 83.6 cm³/mol. The number of hydrogen-bond donors (Lipinski definition) is 1. The molecule has 0 amide bonds. The molecule has 0 saturated heterocycles. The highest BCUT2D eigenvalue weighted by Gasteiger charge is 2.34. The van der Waals surface area contributed by atoms with Crippen molar-refractivity contribution in [2.24, 2.45) is 5.73 Å². The fraction of sp³-hybridized carbons (Fsp3) is 0.471.